The van der Waals surface area contributed by atoms with Crippen molar-refractivity contribution < 1.29 is 4.92 Å². The molecule has 1 saturated carbocycles. The van der Waals surface area contributed by atoms with Gasteiger partial charge >= 0.3 is 0 Å². The van der Waals surface area contributed by atoms with Crippen LogP contribution in [0.2, 0.25) is 0 Å². The second-order valence-electron chi connectivity index (χ2n) is 5.60. The minimum absolute atomic E-state index is 0.122. The van der Waals surface area contributed by atoms with E-state index in [1.807, 2.05) is 12.1 Å². The van der Waals surface area contributed by atoms with Gasteiger partial charge in [0, 0.05) is 17.2 Å². The summed E-state index contributed by atoms with van der Waals surface area (Å²) in [5, 5.41) is 10.9. The molecule has 0 amide bonds. The molecule has 4 nitrogen and oxygen atoms in total. The van der Waals surface area contributed by atoms with Crippen molar-refractivity contribution in [2.75, 3.05) is 0 Å². The van der Waals surface area contributed by atoms with Crippen molar-refractivity contribution in [3.63, 3.8) is 0 Å². The number of nitro groups is 1. The second kappa shape index (κ2) is 5.06. The molecule has 0 heterocycles. The molecule has 0 aliphatic heterocycles. The van der Waals surface area contributed by atoms with Gasteiger partial charge in [0.2, 0.25) is 0 Å². The number of nitrogens with two attached hydrogens (primary N) is 1. The largest absolute Gasteiger partial charge is 0.325 e. The molecule has 0 saturated heterocycles. The molecule has 2 atom stereocenters. The Morgan fingerprint density at radius 1 is 1.50 bits per heavy atom. The topological polar surface area (TPSA) is 69.2 Å². The summed E-state index contributed by atoms with van der Waals surface area (Å²) in [7, 11) is 0. The zero-order chi connectivity index (χ0) is 13.2. The van der Waals surface area contributed by atoms with Gasteiger partial charge in [-0.2, -0.15) is 0 Å². The molecule has 1 aromatic rings. The molecule has 0 spiro atoms. The summed E-state index contributed by atoms with van der Waals surface area (Å²) in [6.45, 7) is 2.22. The number of nitro benzene ring substituents is 1. The first-order valence-corrected chi connectivity index (χ1v) is 6.51. The fourth-order valence-corrected chi connectivity index (χ4v) is 2.94. The molecular formula is C14H20N2O2. The summed E-state index contributed by atoms with van der Waals surface area (Å²) in [5.74, 6) is 0.681. The maximum Gasteiger partial charge on any atom is 0.272 e. The minimum atomic E-state index is -0.310. The van der Waals surface area contributed by atoms with Crippen LogP contribution in [0.3, 0.4) is 0 Å². The van der Waals surface area contributed by atoms with E-state index >= 15 is 0 Å². The summed E-state index contributed by atoms with van der Waals surface area (Å²) >= 11 is 0. The monoisotopic (exact) mass is 248 g/mol. The van der Waals surface area contributed by atoms with E-state index in [1.165, 1.54) is 6.42 Å². The van der Waals surface area contributed by atoms with Crippen LogP contribution < -0.4 is 5.73 Å². The minimum Gasteiger partial charge on any atom is -0.325 e. The molecule has 1 aromatic carbocycles. The molecular weight excluding hydrogens is 228 g/mol. The standard InChI is InChI=1S/C14H20N2O2/c1-11-6-8-14(15,10-11)9-7-12-4-2-3-5-13(12)16(17)18/h2-5,11H,6-10,15H2,1H3. The van der Waals surface area contributed by atoms with Crippen LogP contribution in [-0.4, -0.2) is 10.5 Å². The molecule has 0 radical (unpaired) electrons. The molecule has 0 aromatic heterocycles. The first-order valence-electron chi connectivity index (χ1n) is 6.51. The summed E-state index contributed by atoms with van der Waals surface area (Å²) in [5.41, 5.74) is 7.24. The Kier molecular flexibility index (Phi) is 3.66. The fourth-order valence-electron chi connectivity index (χ4n) is 2.94. The summed E-state index contributed by atoms with van der Waals surface area (Å²) in [6.07, 6.45) is 4.78. The van der Waals surface area contributed by atoms with Crippen LogP contribution in [0.1, 0.15) is 38.2 Å². The first-order chi connectivity index (χ1) is 8.50. The van der Waals surface area contributed by atoms with Gasteiger partial charge in [0.05, 0.1) is 4.92 Å². The second-order valence-corrected chi connectivity index (χ2v) is 5.60. The van der Waals surface area contributed by atoms with E-state index in [0.29, 0.717) is 12.3 Å². The van der Waals surface area contributed by atoms with Crippen LogP contribution in [-0.2, 0) is 6.42 Å². The Morgan fingerprint density at radius 3 is 2.83 bits per heavy atom. The van der Waals surface area contributed by atoms with Crippen LogP contribution in [0.25, 0.3) is 0 Å². The number of para-hydroxylation sites is 1. The highest BCUT2D eigenvalue weighted by molar-refractivity contribution is 5.39. The third-order valence-corrected chi connectivity index (χ3v) is 3.97. The maximum atomic E-state index is 10.9. The van der Waals surface area contributed by atoms with E-state index in [2.05, 4.69) is 6.92 Å². The molecule has 2 N–H and O–H groups in total. The molecule has 98 valence electrons. The van der Waals surface area contributed by atoms with Gasteiger partial charge in [-0.15, -0.1) is 0 Å². The number of hydrogen-bond acceptors (Lipinski definition) is 3. The lowest BCUT2D eigenvalue weighted by Crippen LogP contribution is -2.37. The van der Waals surface area contributed by atoms with Gasteiger partial charge in [-0.05, 0) is 38.0 Å². The maximum absolute atomic E-state index is 10.9. The molecule has 1 fully saturated rings. The lowest BCUT2D eigenvalue weighted by molar-refractivity contribution is -0.385. The number of rotatable bonds is 4. The average molecular weight is 248 g/mol. The number of aryl methyl sites for hydroxylation is 1. The van der Waals surface area contributed by atoms with Crippen molar-refractivity contribution in [1.82, 2.24) is 0 Å². The van der Waals surface area contributed by atoms with Gasteiger partial charge in [-0.1, -0.05) is 25.1 Å². The van der Waals surface area contributed by atoms with Crippen LogP contribution in [0.4, 0.5) is 5.69 Å². The van der Waals surface area contributed by atoms with Crippen molar-refractivity contribution >= 4 is 5.69 Å². The Bertz CT molecular complexity index is 447. The first kappa shape index (κ1) is 13.0. The highest BCUT2D eigenvalue weighted by atomic mass is 16.6. The SMILES string of the molecule is CC1CCC(N)(CCc2ccccc2[N+](=O)[O-])C1. The van der Waals surface area contributed by atoms with E-state index in [9.17, 15) is 10.1 Å². The lowest BCUT2D eigenvalue weighted by atomic mass is 9.89. The third kappa shape index (κ3) is 2.88. The molecule has 1 aliphatic rings. The Morgan fingerprint density at radius 2 is 2.22 bits per heavy atom. The summed E-state index contributed by atoms with van der Waals surface area (Å²) in [4.78, 5) is 10.6. The van der Waals surface area contributed by atoms with Gasteiger partial charge in [0.15, 0.2) is 0 Å². The smallest absolute Gasteiger partial charge is 0.272 e. The lowest BCUT2D eigenvalue weighted by Gasteiger charge is -2.23. The van der Waals surface area contributed by atoms with Crippen molar-refractivity contribution in [1.29, 1.82) is 0 Å². The third-order valence-electron chi connectivity index (χ3n) is 3.97. The molecule has 4 heteroatoms. The fraction of sp³-hybridized carbons (Fsp3) is 0.571. The number of nitrogens with zero attached hydrogens (tertiary/aromatic N) is 1. The van der Waals surface area contributed by atoms with Crippen molar-refractivity contribution in [2.45, 2.75) is 44.6 Å². The quantitative estimate of drug-likeness (QED) is 0.657. The molecule has 1 aliphatic carbocycles. The zero-order valence-electron chi connectivity index (χ0n) is 10.8. The van der Waals surface area contributed by atoms with E-state index in [0.717, 1.165) is 24.8 Å². The summed E-state index contributed by atoms with van der Waals surface area (Å²) in [6, 6.07) is 6.95. The van der Waals surface area contributed by atoms with Gasteiger partial charge in [0.25, 0.3) is 5.69 Å². The molecule has 0 bridgehead atoms. The van der Waals surface area contributed by atoms with Gasteiger partial charge < -0.3 is 5.73 Å². The Balaban J connectivity index is 2.04. The van der Waals surface area contributed by atoms with E-state index < -0.39 is 0 Å². The summed E-state index contributed by atoms with van der Waals surface area (Å²) < 4.78 is 0. The van der Waals surface area contributed by atoms with Crippen molar-refractivity contribution in [2.24, 2.45) is 11.7 Å². The van der Waals surface area contributed by atoms with Crippen molar-refractivity contribution in [3.05, 3.63) is 39.9 Å². The van der Waals surface area contributed by atoms with Gasteiger partial charge in [-0.25, -0.2) is 0 Å². The highest BCUT2D eigenvalue weighted by Gasteiger charge is 2.33. The number of hydrogen-bond donors (Lipinski definition) is 1. The van der Waals surface area contributed by atoms with Crippen LogP contribution in [0, 0.1) is 16.0 Å². The average Bonchev–Trinajstić information content (AvgIpc) is 2.68. The van der Waals surface area contributed by atoms with E-state index in [1.54, 1.807) is 12.1 Å². The van der Waals surface area contributed by atoms with E-state index in [-0.39, 0.29) is 16.1 Å². The Hall–Kier alpha value is -1.42. The molecule has 2 unspecified atom stereocenters. The van der Waals surface area contributed by atoms with Crippen LogP contribution >= 0.6 is 0 Å². The predicted octanol–water partition coefficient (Wildman–Crippen LogP) is 3.04. The number of benzene rings is 1. The normalized spacial score (nSPS) is 27.3. The van der Waals surface area contributed by atoms with Crippen LogP contribution in [0.5, 0.6) is 0 Å². The van der Waals surface area contributed by atoms with Gasteiger partial charge in [-0.3, -0.25) is 10.1 Å². The highest BCUT2D eigenvalue weighted by Crippen LogP contribution is 2.36. The van der Waals surface area contributed by atoms with Gasteiger partial charge in [0.1, 0.15) is 0 Å². The van der Waals surface area contributed by atoms with Crippen molar-refractivity contribution in [3.8, 4) is 0 Å². The predicted molar refractivity (Wildman–Crippen MR) is 71.4 cm³/mol. The zero-order valence-corrected chi connectivity index (χ0v) is 10.8. The van der Waals surface area contributed by atoms with E-state index in [4.69, 9.17) is 5.73 Å². The van der Waals surface area contributed by atoms with Crippen LogP contribution in [0.15, 0.2) is 24.3 Å². The Labute approximate surface area is 107 Å². The molecule has 18 heavy (non-hydrogen) atoms. The molecule has 2 rings (SSSR count).